The standard InChI is InChI=1S/C24H22O6/c1-4-13-30-22-12-8-18(15-24(22)29-3)6-10-20(26)16-19(25)9-5-17-7-11-21(27)23(14-17)28-2/h1,5-12,14-16,26-27H,13H2,2-3H3. The van der Waals surface area contributed by atoms with Crippen molar-refractivity contribution in [2.45, 2.75) is 0 Å². The van der Waals surface area contributed by atoms with Crippen molar-refractivity contribution in [2.75, 3.05) is 20.8 Å². The van der Waals surface area contributed by atoms with E-state index < -0.39 is 5.78 Å². The lowest BCUT2D eigenvalue weighted by Crippen LogP contribution is -1.96. The van der Waals surface area contributed by atoms with Gasteiger partial charge in [0.05, 0.1) is 14.2 Å². The molecule has 0 heterocycles. The molecule has 154 valence electrons. The molecular weight excluding hydrogens is 384 g/mol. The van der Waals surface area contributed by atoms with Gasteiger partial charge in [0.1, 0.15) is 12.4 Å². The fourth-order valence-electron chi connectivity index (χ4n) is 2.43. The second kappa shape index (κ2) is 11.0. The number of hydrogen-bond donors (Lipinski definition) is 2. The second-order valence-corrected chi connectivity index (χ2v) is 5.97. The quantitative estimate of drug-likeness (QED) is 0.282. The maximum absolute atomic E-state index is 12.0. The van der Waals surface area contributed by atoms with Gasteiger partial charge in [-0.3, -0.25) is 4.79 Å². The third-order valence-corrected chi connectivity index (χ3v) is 3.88. The zero-order chi connectivity index (χ0) is 21.9. The molecule has 0 radical (unpaired) electrons. The Bertz CT molecular complexity index is 1020. The van der Waals surface area contributed by atoms with Gasteiger partial charge in [-0.25, -0.2) is 0 Å². The van der Waals surface area contributed by atoms with Gasteiger partial charge in [0.25, 0.3) is 0 Å². The van der Waals surface area contributed by atoms with Crippen molar-refractivity contribution >= 4 is 17.9 Å². The van der Waals surface area contributed by atoms with Gasteiger partial charge in [-0.15, -0.1) is 6.42 Å². The lowest BCUT2D eigenvalue weighted by Gasteiger charge is -2.09. The van der Waals surface area contributed by atoms with Crippen molar-refractivity contribution in [1.82, 2.24) is 0 Å². The van der Waals surface area contributed by atoms with E-state index in [2.05, 4.69) is 5.92 Å². The Labute approximate surface area is 175 Å². The Hall–Kier alpha value is -4.11. The highest BCUT2D eigenvalue weighted by molar-refractivity contribution is 6.02. The van der Waals surface area contributed by atoms with E-state index in [0.29, 0.717) is 22.8 Å². The number of phenols is 1. The largest absolute Gasteiger partial charge is 0.508 e. The molecule has 2 N–H and O–H groups in total. The number of hydrogen-bond acceptors (Lipinski definition) is 6. The van der Waals surface area contributed by atoms with Gasteiger partial charge in [0.2, 0.25) is 0 Å². The molecular formula is C24H22O6. The Morgan fingerprint density at radius 3 is 2.30 bits per heavy atom. The van der Waals surface area contributed by atoms with E-state index in [-0.39, 0.29) is 18.1 Å². The van der Waals surface area contributed by atoms with Crippen LogP contribution < -0.4 is 14.2 Å². The number of ketones is 1. The van der Waals surface area contributed by atoms with E-state index in [9.17, 15) is 15.0 Å². The summed E-state index contributed by atoms with van der Waals surface area (Å²) >= 11 is 0. The Kier molecular flexibility index (Phi) is 8.15. The number of carbonyl (C=O) groups excluding carboxylic acids is 1. The monoisotopic (exact) mass is 406 g/mol. The first-order chi connectivity index (χ1) is 14.5. The number of methoxy groups -OCH3 is 2. The molecule has 0 spiro atoms. The number of terminal acetylenes is 1. The second-order valence-electron chi connectivity index (χ2n) is 5.97. The molecule has 0 aliphatic rings. The predicted octanol–water partition coefficient (Wildman–Crippen LogP) is 4.16. The fraction of sp³-hybridized carbons (Fsp3) is 0.125. The highest BCUT2D eigenvalue weighted by Crippen LogP contribution is 2.29. The van der Waals surface area contributed by atoms with Crippen LogP contribution in [-0.2, 0) is 4.79 Å². The van der Waals surface area contributed by atoms with Crippen LogP contribution >= 0.6 is 0 Å². The van der Waals surface area contributed by atoms with Crippen LogP contribution in [0.5, 0.6) is 23.0 Å². The van der Waals surface area contributed by atoms with Gasteiger partial charge in [-0.05, 0) is 47.5 Å². The third kappa shape index (κ3) is 6.50. The molecule has 0 aliphatic heterocycles. The highest BCUT2D eigenvalue weighted by Gasteiger charge is 2.04. The molecule has 6 nitrogen and oxygen atoms in total. The summed E-state index contributed by atoms with van der Waals surface area (Å²) in [6, 6.07) is 9.88. The summed E-state index contributed by atoms with van der Waals surface area (Å²) in [5.41, 5.74) is 1.40. The number of aromatic hydroxyl groups is 1. The highest BCUT2D eigenvalue weighted by atomic mass is 16.5. The minimum absolute atomic E-state index is 0.0101. The number of phenolic OH excluding ortho intramolecular Hbond substituents is 1. The van der Waals surface area contributed by atoms with Crippen LogP contribution in [0.15, 0.2) is 60.4 Å². The van der Waals surface area contributed by atoms with Crippen molar-refractivity contribution in [3.63, 3.8) is 0 Å². The summed E-state index contributed by atoms with van der Waals surface area (Å²) in [6.07, 6.45) is 12.1. The summed E-state index contributed by atoms with van der Waals surface area (Å²) in [4.78, 5) is 12.0. The first-order valence-corrected chi connectivity index (χ1v) is 8.89. The first-order valence-electron chi connectivity index (χ1n) is 8.89. The number of aliphatic hydroxyl groups excluding tert-OH is 1. The molecule has 0 fully saturated rings. The molecule has 0 bridgehead atoms. The van der Waals surface area contributed by atoms with Gasteiger partial charge in [0.15, 0.2) is 28.8 Å². The molecule has 0 atom stereocenters. The van der Waals surface area contributed by atoms with E-state index >= 15 is 0 Å². The Balaban J connectivity index is 2.05. The number of benzene rings is 2. The van der Waals surface area contributed by atoms with Crippen LogP contribution in [0.25, 0.3) is 12.2 Å². The average Bonchev–Trinajstić information content (AvgIpc) is 2.75. The van der Waals surface area contributed by atoms with Crippen LogP contribution in [0.1, 0.15) is 11.1 Å². The minimum Gasteiger partial charge on any atom is -0.508 e. The number of rotatable bonds is 9. The molecule has 0 aliphatic carbocycles. The minimum atomic E-state index is -0.403. The van der Waals surface area contributed by atoms with Gasteiger partial charge in [0, 0.05) is 6.08 Å². The van der Waals surface area contributed by atoms with E-state index in [1.807, 2.05) is 0 Å². The number of carbonyl (C=O) groups is 1. The fourth-order valence-corrected chi connectivity index (χ4v) is 2.43. The molecule has 0 saturated heterocycles. The van der Waals surface area contributed by atoms with Gasteiger partial charge in [-0.1, -0.05) is 30.2 Å². The molecule has 30 heavy (non-hydrogen) atoms. The van der Waals surface area contributed by atoms with Crippen LogP contribution in [0, 0.1) is 12.3 Å². The molecule has 0 amide bonds. The Morgan fingerprint density at radius 1 is 1.00 bits per heavy atom. The van der Waals surface area contributed by atoms with Crippen molar-refractivity contribution in [3.8, 4) is 35.3 Å². The summed E-state index contributed by atoms with van der Waals surface area (Å²) in [5.74, 6) is 3.10. The smallest absolute Gasteiger partial charge is 0.182 e. The topological polar surface area (TPSA) is 85.2 Å². The number of allylic oxidation sites excluding steroid dienone is 3. The zero-order valence-corrected chi connectivity index (χ0v) is 16.7. The van der Waals surface area contributed by atoms with Gasteiger partial charge < -0.3 is 24.4 Å². The van der Waals surface area contributed by atoms with Crippen LogP contribution in [0.3, 0.4) is 0 Å². The van der Waals surface area contributed by atoms with Crippen LogP contribution in [0.2, 0.25) is 0 Å². The summed E-state index contributed by atoms with van der Waals surface area (Å²) < 4.78 is 15.7. The molecule has 0 aromatic heterocycles. The van der Waals surface area contributed by atoms with E-state index in [0.717, 1.165) is 11.6 Å². The van der Waals surface area contributed by atoms with Crippen molar-refractivity contribution in [1.29, 1.82) is 0 Å². The molecule has 2 aromatic rings. The van der Waals surface area contributed by atoms with Crippen LogP contribution in [0.4, 0.5) is 0 Å². The third-order valence-electron chi connectivity index (χ3n) is 3.88. The number of ether oxygens (including phenoxy) is 3. The normalized spacial score (nSPS) is 11.4. The SMILES string of the molecule is C#CCOc1ccc(C=CC(O)=CC(=O)C=Cc2ccc(O)c(OC)c2)cc1OC. The molecule has 0 unspecified atom stereocenters. The predicted molar refractivity (Wildman–Crippen MR) is 116 cm³/mol. The van der Waals surface area contributed by atoms with Gasteiger partial charge >= 0.3 is 0 Å². The zero-order valence-electron chi connectivity index (χ0n) is 16.7. The average molecular weight is 406 g/mol. The maximum atomic E-state index is 12.0. The van der Waals surface area contributed by atoms with Crippen molar-refractivity contribution < 1.29 is 29.2 Å². The summed E-state index contributed by atoms with van der Waals surface area (Å²) in [7, 11) is 2.95. The van der Waals surface area contributed by atoms with Crippen LogP contribution in [-0.4, -0.2) is 36.8 Å². The lowest BCUT2D eigenvalue weighted by atomic mass is 10.1. The maximum Gasteiger partial charge on any atom is 0.182 e. The summed E-state index contributed by atoms with van der Waals surface area (Å²) in [5, 5.41) is 19.6. The van der Waals surface area contributed by atoms with E-state index in [1.165, 1.54) is 32.4 Å². The molecule has 6 heteroatoms. The van der Waals surface area contributed by atoms with E-state index in [4.69, 9.17) is 20.6 Å². The summed E-state index contributed by atoms with van der Waals surface area (Å²) in [6.45, 7) is 0.127. The van der Waals surface area contributed by atoms with Crippen molar-refractivity contribution in [2.24, 2.45) is 0 Å². The molecule has 0 saturated carbocycles. The molecule has 2 aromatic carbocycles. The van der Waals surface area contributed by atoms with Gasteiger partial charge in [-0.2, -0.15) is 0 Å². The number of aliphatic hydroxyl groups is 1. The molecule has 2 rings (SSSR count). The first kappa shape index (κ1) is 22.2. The lowest BCUT2D eigenvalue weighted by molar-refractivity contribution is -0.110. The van der Waals surface area contributed by atoms with E-state index in [1.54, 1.807) is 42.5 Å². The van der Waals surface area contributed by atoms with Crippen molar-refractivity contribution in [3.05, 3.63) is 71.5 Å². The Morgan fingerprint density at radius 2 is 1.63 bits per heavy atom.